The molecule has 32 heavy (non-hydrogen) atoms. The van der Waals surface area contributed by atoms with E-state index >= 15 is 0 Å². The fourth-order valence-corrected chi connectivity index (χ4v) is 6.27. The first-order chi connectivity index (χ1) is 15.6. The van der Waals surface area contributed by atoms with Crippen LogP contribution < -0.4 is 5.56 Å². The Bertz CT molecular complexity index is 1190. The molecule has 1 atom stereocenters. The van der Waals surface area contributed by atoms with Gasteiger partial charge in [0.15, 0.2) is 0 Å². The van der Waals surface area contributed by atoms with Gasteiger partial charge in [-0.3, -0.25) is 19.1 Å². The molecule has 1 aliphatic carbocycles. The summed E-state index contributed by atoms with van der Waals surface area (Å²) in [6, 6.07) is 7.15. The molecule has 0 N–H and O–H groups in total. The Labute approximate surface area is 190 Å². The van der Waals surface area contributed by atoms with Crippen molar-refractivity contribution in [3.05, 3.63) is 62.8 Å². The van der Waals surface area contributed by atoms with Gasteiger partial charge in [0.2, 0.25) is 6.41 Å². The normalized spacial score (nSPS) is 19.7. The fraction of sp³-hybridized carbons (Fsp3) is 0.458. The maximum atomic E-state index is 14.0. The molecule has 0 unspecified atom stereocenters. The van der Waals surface area contributed by atoms with E-state index in [0.717, 1.165) is 74.1 Å². The van der Waals surface area contributed by atoms with E-state index in [2.05, 4.69) is 9.88 Å². The van der Waals surface area contributed by atoms with E-state index in [-0.39, 0.29) is 11.4 Å². The number of nitrogens with zero attached hydrogens (tertiary/aromatic N) is 4. The summed E-state index contributed by atoms with van der Waals surface area (Å²) in [5, 5.41) is 0.752. The number of hydrogen-bond acceptors (Lipinski definition) is 5. The highest BCUT2D eigenvalue weighted by atomic mass is 32.1. The molecule has 1 fully saturated rings. The van der Waals surface area contributed by atoms with Gasteiger partial charge in [-0.1, -0.05) is 18.2 Å². The lowest BCUT2D eigenvalue weighted by Crippen LogP contribution is -2.41. The van der Waals surface area contributed by atoms with E-state index < -0.39 is 0 Å². The molecule has 1 amide bonds. The molecule has 1 saturated heterocycles. The third-order valence-electron chi connectivity index (χ3n) is 6.82. The predicted octanol–water partition coefficient (Wildman–Crippen LogP) is 2.86. The molecule has 0 bridgehead atoms. The molecule has 0 spiro atoms. The van der Waals surface area contributed by atoms with Crippen LogP contribution in [0.2, 0.25) is 0 Å². The van der Waals surface area contributed by atoms with Crippen LogP contribution in [0.15, 0.2) is 35.4 Å². The topological polar surface area (TPSA) is 58.4 Å². The molecule has 0 saturated carbocycles. The average molecular weight is 455 g/mol. The van der Waals surface area contributed by atoms with E-state index in [1.54, 1.807) is 34.4 Å². The van der Waals surface area contributed by atoms with Gasteiger partial charge >= 0.3 is 0 Å². The summed E-state index contributed by atoms with van der Waals surface area (Å²) in [6.45, 7) is 3.95. The summed E-state index contributed by atoms with van der Waals surface area (Å²) in [6.07, 6.45) is 6.85. The minimum absolute atomic E-state index is 0.0151. The fourth-order valence-electron chi connectivity index (χ4n) is 5.02. The second-order valence-corrected chi connectivity index (χ2v) is 9.78. The lowest BCUT2D eigenvalue weighted by atomic mass is 9.92. The molecule has 3 heterocycles. The quantitative estimate of drug-likeness (QED) is 0.557. The van der Waals surface area contributed by atoms with Crippen molar-refractivity contribution >= 4 is 28.0 Å². The average Bonchev–Trinajstić information content (AvgIpc) is 3.01. The molecule has 8 heteroatoms. The van der Waals surface area contributed by atoms with Gasteiger partial charge < -0.3 is 4.90 Å². The van der Waals surface area contributed by atoms with Gasteiger partial charge in [0.1, 0.15) is 10.6 Å². The summed E-state index contributed by atoms with van der Waals surface area (Å²) >= 11 is 1.64. The van der Waals surface area contributed by atoms with Crippen LogP contribution >= 0.6 is 11.3 Å². The van der Waals surface area contributed by atoms with Gasteiger partial charge in [-0.15, -0.1) is 11.3 Å². The summed E-state index contributed by atoms with van der Waals surface area (Å²) < 4.78 is 15.6. The summed E-state index contributed by atoms with van der Waals surface area (Å²) in [7, 11) is 0. The Morgan fingerprint density at radius 3 is 2.91 bits per heavy atom. The van der Waals surface area contributed by atoms with Crippen LogP contribution in [-0.2, 0) is 30.6 Å². The number of carbonyl (C=O) groups is 1. The minimum Gasteiger partial charge on any atom is -0.344 e. The highest BCUT2D eigenvalue weighted by Gasteiger charge is 2.29. The van der Waals surface area contributed by atoms with Crippen LogP contribution in [0.1, 0.15) is 28.8 Å². The van der Waals surface area contributed by atoms with Crippen LogP contribution in [0.4, 0.5) is 4.39 Å². The van der Waals surface area contributed by atoms with Gasteiger partial charge in [-0.25, -0.2) is 9.37 Å². The Kier molecular flexibility index (Phi) is 6.06. The molecule has 5 rings (SSSR count). The molecule has 2 aliphatic rings. The van der Waals surface area contributed by atoms with Gasteiger partial charge in [-0.05, 0) is 49.3 Å². The summed E-state index contributed by atoms with van der Waals surface area (Å²) in [5.74, 6) is -0.238. The Hall–Kier alpha value is -2.58. The van der Waals surface area contributed by atoms with Crippen LogP contribution in [0, 0.1) is 5.82 Å². The first-order valence-corrected chi connectivity index (χ1v) is 12.1. The monoisotopic (exact) mass is 454 g/mol. The van der Waals surface area contributed by atoms with Crippen molar-refractivity contribution in [3.8, 4) is 0 Å². The van der Waals surface area contributed by atoms with Gasteiger partial charge in [0.25, 0.3) is 5.56 Å². The zero-order valence-electron chi connectivity index (χ0n) is 18.0. The minimum atomic E-state index is -0.238. The zero-order chi connectivity index (χ0) is 22.1. The van der Waals surface area contributed by atoms with E-state index in [0.29, 0.717) is 24.6 Å². The van der Waals surface area contributed by atoms with Gasteiger partial charge in [-0.2, -0.15) is 0 Å². The molecular formula is C24H27FN4O2S. The number of fused-ring (bicyclic) bond motifs is 3. The van der Waals surface area contributed by atoms with Crippen LogP contribution in [0.25, 0.3) is 10.2 Å². The maximum Gasteiger partial charge on any atom is 0.262 e. The molecule has 168 valence electrons. The second kappa shape index (κ2) is 9.11. The highest BCUT2D eigenvalue weighted by Crippen LogP contribution is 2.35. The zero-order valence-corrected chi connectivity index (χ0v) is 18.8. The van der Waals surface area contributed by atoms with E-state index in [4.69, 9.17) is 0 Å². The number of carbonyl (C=O) groups excluding carboxylic acids is 1. The number of aryl methyl sites for hydroxylation is 3. The van der Waals surface area contributed by atoms with E-state index in [1.807, 2.05) is 11.0 Å². The standard InChI is InChI=1S/C24H27FN4O2S/c25-20-5-2-1-4-17(20)8-11-29-15-26-23-22(24(29)31)19-7-6-18(14-21(19)32-23)28-10-3-9-27(16-30)12-13-28/h1-2,4-5,15-16,18H,3,6-14H2/t18-/m1/s1. The Morgan fingerprint density at radius 2 is 2.06 bits per heavy atom. The van der Waals surface area contributed by atoms with Crippen molar-refractivity contribution in [3.63, 3.8) is 0 Å². The van der Waals surface area contributed by atoms with E-state index in [9.17, 15) is 14.0 Å². The Balaban J connectivity index is 1.35. The third-order valence-corrected chi connectivity index (χ3v) is 7.98. The number of amides is 1. The highest BCUT2D eigenvalue weighted by molar-refractivity contribution is 7.18. The first kappa shape index (κ1) is 21.3. The SMILES string of the molecule is O=CN1CCCN([C@@H]2CCc3c(sc4ncn(CCc5ccccc5F)c(=O)c34)C2)CC1. The Morgan fingerprint density at radius 1 is 1.19 bits per heavy atom. The van der Waals surface area contributed by atoms with Crippen molar-refractivity contribution in [2.75, 3.05) is 26.2 Å². The molecule has 6 nitrogen and oxygen atoms in total. The number of halogens is 1. The summed E-state index contributed by atoms with van der Waals surface area (Å²) in [5.41, 5.74) is 1.75. The van der Waals surface area contributed by atoms with E-state index in [1.165, 1.54) is 10.9 Å². The van der Waals surface area contributed by atoms with Crippen LogP contribution in [0.3, 0.4) is 0 Å². The largest absolute Gasteiger partial charge is 0.344 e. The van der Waals surface area contributed by atoms with Gasteiger partial charge in [0.05, 0.1) is 11.7 Å². The molecule has 1 aliphatic heterocycles. The number of hydrogen-bond donors (Lipinski definition) is 0. The third kappa shape index (κ3) is 4.09. The van der Waals surface area contributed by atoms with Crippen molar-refractivity contribution < 1.29 is 9.18 Å². The second-order valence-electron chi connectivity index (χ2n) is 8.70. The molecule has 3 aromatic rings. The number of rotatable bonds is 5. The number of benzene rings is 1. The predicted molar refractivity (Wildman–Crippen MR) is 124 cm³/mol. The van der Waals surface area contributed by atoms with Crippen molar-refractivity contribution in [1.82, 2.24) is 19.4 Å². The van der Waals surface area contributed by atoms with Crippen molar-refractivity contribution in [2.45, 2.75) is 44.7 Å². The smallest absolute Gasteiger partial charge is 0.262 e. The first-order valence-electron chi connectivity index (χ1n) is 11.3. The van der Waals surface area contributed by atoms with Crippen LogP contribution in [0.5, 0.6) is 0 Å². The lowest BCUT2D eigenvalue weighted by Gasteiger charge is -2.33. The van der Waals surface area contributed by atoms with Crippen LogP contribution in [-0.4, -0.2) is 58.0 Å². The lowest BCUT2D eigenvalue weighted by molar-refractivity contribution is -0.118. The van der Waals surface area contributed by atoms with Gasteiger partial charge in [0, 0.05) is 43.6 Å². The van der Waals surface area contributed by atoms with Crippen molar-refractivity contribution in [2.24, 2.45) is 0 Å². The molecular weight excluding hydrogens is 427 g/mol. The number of aromatic nitrogens is 2. The maximum absolute atomic E-state index is 14.0. The number of thiophene rings is 1. The van der Waals surface area contributed by atoms with Crippen molar-refractivity contribution in [1.29, 1.82) is 0 Å². The summed E-state index contributed by atoms with van der Waals surface area (Å²) in [4.78, 5) is 35.4. The molecule has 0 radical (unpaired) electrons. The molecule has 1 aromatic carbocycles. The molecule has 2 aromatic heterocycles.